The standard InChI is InChI=1S/C5H6Cl2O2/c1-9-3-2-5(6,7)4(3)8/h3H,2H2,1H3/t3-/m0/s1. The van der Waals surface area contributed by atoms with E-state index in [1.54, 1.807) is 0 Å². The molecule has 0 aromatic rings. The Bertz CT molecular complexity index is 144. The lowest BCUT2D eigenvalue weighted by Gasteiger charge is -2.34. The van der Waals surface area contributed by atoms with Crippen molar-refractivity contribution in [2.75, 3.05) is 7.11 Å². The van der Waals surface area contributed by atoms with Crippen molar-refractivity contribution in [3.05, 3.63) is 0 Å². The Balaban J connectivity index is 2.52. The molecule has 4 heteroatoms. The van der Waals surface area contributed by atoms with Gasteiger partial charge in [0.05, 0.1) is 0 Å². The second kappa shape index (κ2) is 2.11. The van der Waals surface area contributed by atoms with Crippen molar-refractivity contribution in [3.8, 4) is 0 Å². The third-order valence-corrected chi connectivity index (χ3v) is 2.06. The van der Waals surface area contributed by atoms with E-state index < -0.39 is 4.33 Å². The summed E-state index contributed by atoms with van der Waals surface area (Å²) in [7, 11) is 1.46. The minimum atomic E-state index is -1.17. The summed E-state index contributed by atoms with van der Waals surface area (Å²) in [6, 6.07) is 0. The van der Waals surface area contributed by atoms with Gasteiger partial charge in [-0.2, -0.15) is 0 Å². The Morgan fingerprint density at radius 2 is 2.33 bits per heavy atom. The summed E-state index contributed by atoms with van der Waals surface area (Å²) in [5.74, 6) is -0.228. The van der Waals surface area contributed by atoms with Crippen LogP contribution in [0.2, 0.25) is 0 Å². The molecule has 1 fully saturated rings. The molecule has 0 spiro atoms. The van der Waals surface area contributed by atoms with Crippen LogP contribution in [-0.4, -0.2) is 23.3 Å². The second-order valence-electron chi connectivity index (χ2n) is 2.00. The van der Waals surface area contributed by atoms with Gasteiger partial charge in [0.1, 0.15) is 6.10 Å². The van der Waals surface area contributed by atoms with Crippen LogP contribution >= 0.6 is 23.2 Å². The first kappa shape index (κ1) is 7.32. The lowest BCUT2D eigenvalue weighted by molar-refractivity contribution is -0.138. The molecule has 0 N–H and O–H groups in total. The fourth-order valence-electron chi connectivity index (χ4n) is 0.721. The maximum absolute atomic E-state index is 10.7. The molecule has 0 amide bonds. The van der Waals surface area contributed by atoms with Crippen LogP contribution in [0.15, 0.2) is 0 Å². The summed E-state index contributed by atoms with van der Waals surface area (Å²) in [6.45, 7) is 0. The van der Waals surface area contributed by atoms with Crippen LogP contribution in [0.3, 0.4) is 0 Å². The van der Waals surface area contributed by atoms with Crippen molar-refractivity contribution in [2.45, 2.75) is 16.9 Å². The van der Waals surface area contributed by atoms with Crippen LogP contribution in [0.1, 0.15) is 6.42 Å². The third kappa shape index (κ3) is 1.07. The van der Waals surface area contributed by atoms with Crippen LogP contribution < -0.4 is 0 Å². The largest absolute Gasteiger partial charge is 0.373 e. The molecular formula is C5H6Cl2O2. The molecule has 1 aliphatic rings. The van der Waals surface area contributed by atoms with Crippen LogP contribution in [0, 0.1) is 0 Å². The fraction of sp³-hybridized carbons (Fsp3) is 0.800. The molecule has 52 valence electrons. The first-order valence-electron chi connectivity index (χ1n) is 2.53. The lowest BCUT2D eigenvalue weighted by Crippen LogP contribution is -2.51. The van der Waals surface area contributed by atoms with Gasteiger partial charge in [-0.25, -0.2) is 0 Å². The third-order valence-electron chi connectivity index (χ3n) is 1.38. The van der Waals surface area contributed by atoms with Crippen molar-refractivity contribution >= 4 is 29.0 Å². The van der Waals surface area contributed by atoms with Crippen LogP contribution in [-0.2, 0) is 9.53 Å². The SMILES string of the molecule is CO[C@H]1CC(Cl)(Cl)C1=O. The summed E-state index contributed by atoms with van der Waals surface area (Å²) in [4.78, 5) is 10.7. The molecule has 0 aliphatic heterocycles. The maximum atomic E-state index is 10.7. The van der Waals surface area contributed by atoms with E-state index in [0.29, 0.717) is 6.42 Å². The first-order valence-corrected chi connectivity index (χ1v) is 3.28. The molecule has 0 aromatic carbocycles. The predicted octanol–water partition coefficient (Wildman–Crippen LogP) is 1.15. The summed E-state index contributed by atoms with van der Waals surface area (Å²) in [5.41, 5.74) is 0. The highest BCUT2D eigenvalue weighted by molar-refractivity contribution is 6.60. The number of ketones is 1. The Hall–Kier alpha value is 0.210. The molecule has 1 saturated carbocycles. The smallest absolute Gasteiger partial charge is 0.197 e. The summed E-state index contributed by atoms with van der Waals surface area (Å²) < 4.78 is 3.55. The molecule has 1 rings (SSSR count). The van der Waals surface area contributed by atoms with Gasteiger partial charge in [-0.15, -0.1) is 0 Å². The molecule has 0 radical (unpaired) electrons. The molecular weight excluding hydrogens is 163 g/mol. The average molecular weight is 169 g/mol. The lowest BCUT2D eigenvalue weighted by atomic mass is 9.93. The number of carbonyl (C=O) groups is 1. The van der Waals surface area contributed by atoms with Crippen molar-refractivity contribution < 1.29 is 9.53 Å². The van der Waals surface area contributed by atoms with Gasteiger partial charge in [-0.3, -0.25) is 4.79 Å². The molecule has 0 bridgehead atoms. The molecule has 0 unspecified atom stereocenters. The van der Waals surface area contributed by atoms with Crippen LogP contribution in [0.25, 0.3) is 0 Å². The number of rotatable bonds is 1. The molecule has 9 heavy (non-hydrogen) atoms. The molecule has 0 saturated heterocycles. The highest BCUT2D eigenvalue weighted by atomic mass is 35.5. The van der Waals surface area contributed by atoms with E-state index in [0.717, 1.165) is 0 Å². The number of carbonyl (C=O) groups excluding carboxylic acids is 1. The van der Waals surface area contributed by atoms with E-state index >= 15 is 0 Å². The van der Waals surface area contributed by atoms with Gasteiger partial charge >= 0.3 is 0 Å². The van der Waals surface area contributed by atoms with Gasteiger partial charge in [0.2, 0.25) is 0 Å². The van der Waals surface area contributed by atoms with Crippen molar-refractivity contribution in [3.63, 3.8) is 0 Å². The van der Waals surface area contributed by atoms with Gasteiger partial charge < -0.3 is 4.74 Å². The van der Waals surface area contributed by atoms with Gasteiger partial charge in [0.15, 0.2) is 10.1 Å². The number of hydrogen-bond acceptors (Lipinski definition) is 2. The van der Waals surface area contributed by atoms with Crippen LogP contribution in [0.4, 0.5) is 0 Å². The van der Waals surface area contributed by atoms with Crippen molar-refractivity contribution in [2.24, 2.45) is 0 Å². The average Bonchev–Trinajstić information content (AvgIpc) is 1.82. The van der Waals surface area contributed by atoms with Gasteiger partial charge in [0, 0.05) is 13.5 Å². The van der Waals surface area contributed by atoms with E-state index in [1.807, 2.05) is 0 Å². The number of Topliss-reactive ketones (excluding diaryl/α,β-unsaturated/α-hetero) is 1. The normalized spacial score (nSPS) is 31.9. The second-order valence-corrected chi connectivity index (χ2v) is 3.48. The topological polar surface area (TPSA) is 26.3 Å². The predicted molar refractivity (Wildman–Crippen MR) is 34.9 cm³/mol. The number of methoxy groups -OCH3 is 1. The number of hydrogen-bond donors (Lipinski definition) is 0. The Kier molecular flexibility index (Phi) is 1.72. The molecule has 0 aromatic heterocycles. The fourth-order valence-corrected chi connectivity index (χ4v) is 1.24. The zero-order valence-corrected chi connectivity index (χ0v) is 6.37. The highest BCUT2D eigenvalue weighted by Crippen LogP contribution is 2.39. The number of halogens is 2. The van der Waals surface area contributed by atoms with Crippen molar-refractivity contribution in [1.82, 2.24) is 0 Å². The molecule has 1 atom stereocenters. The summed E-state index contributed by atoms with van der Waals surface area (Å²) in [6.07, 6.45) is 0.0332. The van der Waals surface area contributed by atoms with Gasteiger partial charge in [0.25, 0.3) is 0 Å². The number of alkyl halides is 2. The zero-order chi connectivity index (χ0) is 7.07. The Morgan fingerprint density at radius 1 is 1.78 bits per heavy atom. The molecule has 1 aliphatic carbocycles. The Labute approximate surface area is 63.1 Å². The highest BCUT2D eigenvalue weighted by Gasteiger charge is 2.51. The number of ether oxygens (including phenoxy) is 1. The minimum absolute atomic E-state index is 0.228. The van der Waals surface area contributed by atoms with Crippen molar-refractivity contribution in [1.29, 1.82) is 0 Å². The molecule has 2 nitrogen and oxygen atoms in total. The van der Waals surface area contributed by atoms with E-state index in [9.17, 15) is 4.79 Å². The molecule has 0 heterocycles. The monoisotopic (exact) mass is 168 g/mol. The van der Waals surface area contributed by atoms with Gasteiger partial charge in [-0.05, 0) is 0 Å². The quantitative estimate of drug-likeness (QED) is 0.550. The maximum Gasteiger partial charge on any atom is 0.197 e. The van der Waals surface area contributed by atoms with E-state index in [1.165, 1.54) is 7.11 Å². The Morgan fingerprint density at radius 3 is 2.44 bits per heavy atom. The van der Waals surface area contributed by atoms with Crippen LogP contribution in [0.5, 0.6) is 0 Å². The minimum Gasteiger partial charge on any atom is -0.373 e. The van der Waals surface area contributed by atoms with E-state index in [2.05, 4.69) is 0 Å². The van der Waals surface area contributed by atoms with E-state index in [4.69, 9.17) is 27.9 Å². The van der Waals surface area contributed by atoms with Gasteiger partial charge in [-0.1, -0.05) is 23.2 Å². The first-order chi connectivity index (χ1) is 4.08. The van der Waals surface area contributed by atoms with E-state index in [-0.39, 0.29) is 11.9 Å². The zero-order valence-electron chi connectivity index (χ0n) is 4.86. The summed E-state index contributed by atoms with van der Waals surface area (Å²) >= 11 is 10.9. The summed E-state index contributed by atoms with van der Waals surface area (Å²) in [5, 5.41) is 0.